The molecule has 1 heterocycles. The number of piperazine rings is 1. The first-order chi connectivity index (χ1) is 9.12. The summed E-state index contributed by atoms with van der Waals surface area (Å²) in [6.07, 6.45) is 4.44. The van der Waals surface area contributed by atoms with Crippen LogP contribution >= 0.6 is 0 Å². The minimum absolute atomic E-state index is 0.0357. The summed E-state index contributed by atoms with van der Waals surface area (Å²) in [5.41, 5.74) is -0.574. The Morgan fingerprint density at radius 2 is 2.05 bits per heavy atom. The normalized spacial score (nSPS) is 26.0. The van der Waals surface area contributed by atoms with E-state index in [1.54, 1.807) is 6.92 Å². The molecular weight excluding hydrogens is 244 g/mol. The van der Waals surface area contributed by atoms with Gasteiger partial charge in [0.15, 0.2) is 0 Å². The van der Waals surface area contributed by atoms with E-state index in [9.17, 15) is 9.59 Å². The topological polar surface area (TPSA) is 58.6 Å². The van der Waals surface area contributed by atoms with Crippen LogP contribution in [0.2, 0.25) is 0 Å². The molecular formula is C14H24N2O3. The number of amides is 2. The van der Waals surface area contributed by atoms with Crippen LogP contribution in [0.5, 0.6) is 0 Å². The molecule has 5 heteroatoms. The van der Waals surface area contributed by atoms with Gasteiger partial charge in [0.25, 0.3) is 0 Å². The van der Waals surface area contributed by atoms with Crippen LogP contribution < -0.4 is 5.32 Å². The third-order valence-electron chi connectivity index (χ3n) is 4.23. The van der Waals surface area contributed by atoms with E-state index in [2.05, 4.69) is 5.32 Å². The predicted octanol–water partition coefficient (Wildman–Crippen LogP) is 1.07. The molecule has 1 aliphatic heterocycles. The number of hydrogen-bond donors (Lipinski definition) is 1. The van der Waals surface area contributed by atoms with E-state index in [4.69, 9.17) is 4.74 Å². The lowest BCUT2D eigenvalue weighted by atomic mass is 9.89. The highest BCUT2D eigenvalue weighted by Gasteiger charge is 2.52. The summed E-state index contributed by atoms with van der Waals surface area (Å²) in [5.74, 6) is 0.0894. The molecule has 2 amide bonds. The van der Waals surface area contributed by atoms with E-state index in [0.717, 1.165) is 32.1 Å². The van der Waals surface area contributed by atoms with Crippen LogP contribution in [0.1, 0.15) is 46.0 Å². The van der Waals surface area contributed by atoms with Gasteiger partial charge in [0.2, 0.25) is 11.8 Å². The molecule has 2 rings (SSSR count). The minimum Gasteiger partial charge on any atom is -0.382 e. The molecule has 19 heavy (non-hydrogen) atoms. The first-order valence-electron chi connectivity index (χ1n) is 7.32. The van der Waals surface area contributed by atoms with Crippen LogP contribution in [0, 0.1) is 0 Å². The van der Waals surface area contributed by atoms with Gasteiger partial charge >= 0.3 is 0 Å². The Labute approximate surface area is 114 Å². The van der Waals surface area contributed by atoms with Crippen molar-refractivity contribution in [1.29, 1.82) is 0 Å². The maximum absolute atomic E-state index is 12.4. The molecule has 1 saturated heterocycles. The van der Waals surface area contributed by atoms with E-state index in [-0.39, 0.29) is 11.8 Å². The fourth-order valence-electron chi connectivity index (χ4n) is 3.21. The Kier molecular flexibility index (Phi) is 4.45. The molecule has 0 radical (unpaired) electrons. The standard InChI is InChI=1S/C14H24N2O3/c1-3-19-10-6-9-16-12(17)11(2)15-13(18)14(16)7-4-5-8-14/h11H,3-10H2,1-2H3,(H,15,18). The molecule has 0 aromatic heterocycles. The van der Waals surface area contributed by atoms with Gasteiger partial charge in [-0.2, -0.15) is 0 Å². The largest absolute Gasteiger partial charge is 0.382 e. The average Bonchev–Trinajstić information content (AvgIpc) is 2.87. The predicted molar refractivity (Wildman–Crippen MR) is 71.6 cm³/mol. The van der Waals surface area contributed by atoms with Gasteiger partial charge in [-0.15, -0.1) is 0 Å². The lowest BCUT2D eigenvalue weighted by molar-refractivity contribution is -0.157. The molecule has 1 unspecified atom stereocenters. The lowest BCUT2D eigenvalue weighted by Gasteiger charge is -2.45. The van der Waals surface area contributed by atoms with E-state index in [0.29, 0.717) is 19.8 Å². The summed E-state index contributed by atoms with van der Waals surface area (Å²) in [5, 5.41) is 2.83. The molecule has 0 aromatic rings. The van der Waals surface area contributed by atoms with Gasteiger partial charge < -0.3 is 15.0 Å². The Bertz CT molecular complexity index is 351. The van der Waals surface area contributed by atoms with Crippen LogP contribution in [0.4, 0.5) is 0 Å². The van der Waals surface area contributed by atoms with Crippen molar-refractivity contribution in [1.82, 2.24) is 10.2 Å². The fraction of sp³-hybridized carbons (Fsp3) is 0.857. The first-order valence-corrected chi connectivity index (χ1v) is 7.32. The second-order valence-corrected chi connectivity index (χ2v) is 5.47. The Morgan fingerprint density at radius 1 is 1.37 bits per heavy atom. The highest BCUT2D eigenvalue weighted by atomic mass is 16.5. The summed E-state index contributed by atoms with van der Waals surface area (Å²) >= 11 is 0. The number of nitrogens with zero attached hydrogens (tertiary/aromatic N) is 1. The monoisotopic (exact) mass is 268 g/mol. The molecule has 5 nitrogen and oxygen atoms in total. The van der Waals surface area contributed by atoms with Crippen molar-refractivity contribution in [3.05, 3.63) is 0 Å². The molecule has 1 atom stereocenters. The maximum atomic E-state index is 12.4. The fourth-order valence-corrected chi connectivity index (χ4v) is 3.21. The Morgan fingerprint density at radius 3 is 2.68 bits per heavy atom. The molecule has 1 spiro atoms. The Hall–Kier alpha value is -1.10. The highest BCUT2D eigenvalue weighted by Crippen LogP contribution is 2.38. The maximum Gasteiger partial charge on any atom is 0.246 e. The van der Waals surface area contributed by atoms with E-state index < -0.39 is 11.6 Å². The van der Waals surface area contributed by atoms with Gasteiger partial charge in [0.05, 0.1) is 0 Å². The van der Waals surface area contributed by atoms with Gasteiger partial charge in [-0.05, 0) is 33.1 Å². The summed E-state index contributed by atoms with van der Waals surface area (Å²) in [7, 11) is 0. The number of nitrogens with one attached hydrogen (secondary N) is 1. The van der Waals surface area contributed by atoms with Crippen molar-refractivity contribution in [2.24, 2.45) is 0 Å². The summed E-state index contributed by atoms with van der Waals surface area (Å²) in [6, 6.07) is -0.397. The van der Waals surface area contributed by atoms with Crippen LogP contribution in [0.25, 0.3) is 0 Å². The van der Waals surface area contributed by atoms with Crippen LogP contribution in [0.3, 0.4) is 0 Å². The molecule has 0 aromatic carbocycles. The summed E-state index contributed by atoms with van der Waals surface area (Å²) in [4.78, 5) is 26.5. The van der Waals surface area contributed by atoms with Gasteiger partial charge in [0, 0.05) is 19.8 Å². The minimum atomic E-state index is -0.574. The first kappa shape index (κ1) is 14.3. The van der Waals surface area contributed by atoms with Gasteiger partial charge in [-0.25, -0.2) is 0 Å². The molecule has 2 aliphatic rings. The number of rotatable bonds is 5. The second-order valence-electron chi connectivity index (χ2n) is 5.47. The quantitative estimate of drug-likeness (QED) is 0.759. The molecule has 1 saturated carbocycles. The van der Waals surface area contributed by atoms with E-state index in [1.165, 1.54) is 0 Å². The number of carbonyl (C=O) groups excluding carboxylic acids is 2. The third kappa shape index (κ3) is 2.61. The van der Waals surface area contributed by atoms with Crippen molar-refractivity contribution in [3.8, 4) is 0 Å². The second kappa shape index (κ2) is 5.90. The van der Waals surface area contributed by atoms with Crippen molar-refractivity contribution < 1.29 is 14.3 Å². The molecule has 1 aliphatic carbocycles. The highest BCUT2D eigenvalue weighted by molar-refractivity contribution is 5.99. The van der Waals surface area contributed by atoms with Gasteiger partial charge in [0.1, 0.15) is 11.6 Å². The zero-order chi connectivity index (χ0) is 13.9. The average molecular weight is 268 g/mol. The molecule has 0 bridgehead atoms. The summed E-state index contributed by atoms with van der Waals surface area (Å²) in [6.45, 7) is 5.68. The zero-order valence-electron chi connectivity index (χ0n) is 11.9. The molecule has 1 N–H and O–H groups in total. The number of ether oxygens (including phenoxy) is 1. The van der Waals surface area contributed by atoms with E-state index in [1.807, 2.05) is 11.8 Å². The van der Waals surface area contributed by atoms with Crippen molar-refractivity contribution in [2.45, 2.75) is 57.5 Å². The number of hydrogen-bond acceptors (Lipinski definition) is 3. The van der Waals surface area contributed by atoms with Gasteiger partial charge in [-0.1, -0.05) is 12.8 Å². The number of carbonyl (C=O) groups is 2. The molecule has 108 valence electrons. The Balaban J connectivity index is 2.08. The van der Waals surface area contributed by atoms with E-state index >= 15 is 0 Å². The zero-order valence-corrected chi connectivity index (χ0v) is 11.9. The third-order valence-corrected chi connectivity index (χ3v) is 4.23. The SMILES string of the molecule is CCOCCCN1C(=O)C(C)NC(=O)C12CCCC2. The lowest BCUT2D eigenvalue weighted by Crippen LogP contribution is -2.69. The van der Waals surface area contributed by atoms with Crippen LogP contribution in [-0.4, -0.2) is 48.1 Å². The van der Waals surface area contributed by atoms with Crippen molar-refractivity contribution in [2.75, 3.05) is 19.8 Å². The van der Waals surface area contributed by atoms with Crippen LogP contribution in [-0.2, 0) is 14.3 Å². The van der Waals surface area contributed by atoms with Crippen molar-refractivity contribution in [3.63, 3.8) is 0 Å². The van der Waals surface area contributed by atoms with Gasteiger partial charge in [-0.3, -0.25) is 9.59 Å². The van der Waals surface area contributed by atoms with Crippen LogP contribution in [0.15, 0.2) is 0 Å². The van der Waals surface area contributed by atoms with Crippen molar-refractivity contribution >= 4 is 11.8 Å². The smallest absolute Gasteiger partial charge is 0.246 e. The molecule has 2 fully saturated rings. The summed E-state index contributed by atoms with van der Waals surface area (Å²) < 4.78 is 5.33.